The van der Waals surface area contributed by atoms with Gasteiger partial charge in [0.05, 0.1) is 0 Å². The Labute approximate surface area is 154 Å². The van der Waals surface area contributed by atoms with Crippen molar-refractivity contribution in [3.8, 4) is 0 Å². The molecule has 1 fully saturated rings. The SMILES string of the molecule is CCC(C)(C)c1ccc(CC(C)CN2CCC(OC)(OC)CC2)cc1. The summed E-state index contributed by atoms with van der Waals surface area (Å²) in [5, 5.41) is 0. The van der Waals surface area contributed by atoms with E-state index in [1.165, 1.54) is 17.5 Å². The number of piperidine rings is 1. The standard InChI is InChI=1S/C22H37NO2/c1-7-21(3,4)20-10-8-19(9-11-20)16-18(2)17-23-14-12-22(24-5,25-6)13-15-23/h8-11,18H,7,12-17H2,1-6H3. The maximum atomic E-state index is 5.58. The fourth-order valence-electron chi connectivity index (χ4n) is 3.77. The van der Waals surface area contributed by atoms with Crippen LogP contribution in [0.1, 0.15) is 58.1 Å². The van der Waals surface area contributed by atoms with E-state index in [9.17, 15) is 0 Å². The van der Waals surface area contributed by atoms with Crippen molar-refractivity contribution in [2.24, 2.45) is 5.92 Å². The average molecular weight is 348 g/mol. The highest BCUT2D eigenvalue weighted by atomic mass is 16.7. The Morgan fingerprint density at radius 1 is 1.08 bits per heavy atom. The predicted octanol–water partition coefficient (Wildman–Crippen LogP) is 4.64. The molecular weight excluding hydrogens is 310 g/mol. The topological polar surface area (TPSA) is 21.7 Å². The van der Waals surface area contributed by atoms with E-state index < -0.39 is 0 Å². The molecule has 142 valence electrons. The number of nitrogens with zero attached hydrogens (tertiary/aromatic N) is 1. The summed E-state index contributed by atoms with van der Waals surface area (Å²) in [6, 6.07) is 9.27. The van der Waals surface area contributed by atoms with Crippen molar-refractivity contribution in [3.63, 3.8) is 0 Å². The van der Waals surface area contributed by atoms with E-state index in [4.69, 9.17) is 9.47 Å². The molecule has 2 rings (SSSR count). The summed E-state index contributed by atoms with van der Waals surface area (Å²) >= 11 is 0. The van der Waals surface area contributed by atoms with Gasteiger partial charge in [0.15, 0.2) is 5.79 Å². The van der Waals surface area contributed by atoms with Crippen LogP contribution in [0.15, 0.2) is 24.3 Å². The maximum Gasteiger partial charge on any atom is 0.169 e. The minimum absolute atomic E-state index is 0.271. The molecule has 1 saturated heterocycles. The van der Waals surface area contributed by atoms with E-state index in [2.05, 4.69) is 56.9 Å². The van der Waals surface area contributed by atoms with Gasteiger partial charge in [0.1, 0.15) is 0 Å². The van der Waals surface area contributed by atoms with Crippen LogP contribution in [0.25, 0.3) is 0 Å². The van der Waals surface area contributed by atoms with Crippen LogP contribution < -0.4 is 0 Å². The molecule has 1 aromatic rings. The van der Waals surface area contributed by atoms with Gasteiger partial charge in [-0.1, -0.05) is 52.0 Å². The van der Waals surface area contributed by atoms with E-state index in [-0.39, 0.29) is 11.2 Å². The fourth-order valence-corrected chi connectivity index (χ4v) is 3.77. The molecule has 3 heteroatoms. The van der Waals surface area contributed by atoms with Crippen LogP contribution in [0, 0.1) is 5.92 Å². The molecule has 1 aromatic carbocycles. The van der Waals surface area contributed by atoms with Crippen molar-refractivity contribution in [1.82, 2.24) is 4.90 Å². The van der Waals surface area contributed by atoms with Gasteiger partial charge in [-0.25, -0.2) is 0 Å². The highest BCUT2D eigenvalue weighted by molar-refractivity contribution is 5.28. The van der Waals surface area contributed by atoms with E-state index in [0.717, 1.165) is 38.9 Å². The second-order valence-corrected chi connectivity index (χ2v) is 8.36. The summed E-state index contributed by atoms with van der Waals surface area (Å²) in [7, 11) is 3.51. The van der Waals surface area contributed by atoms with Crippen LogP contribution in [0.5, 0.6) is 0 Å². The van der Waals surface area contributed by atoms with E-state index in [0.29, 0.717) is 5.92 Å². The average Bonchev–Trinajstić information content (AvgIpc) is 2.63. The third-order valence-electron chi connectivity index (χ3n) is 6.14. The normalized spacial score (nSPS) is 19.8. The van der Waals surface area contributed by atoms with Gasteiger partial charge in [0.25, 0.3) is 0 Å². The molecule has 1 heterocycles. The van der Waals surface area contributed by atoms with Gasteiger partial charge < -0.3 is 14.4 Å². The zero-order valence-electron chi connectivity index (χ0n) is 17.1. The smallest absolute Gasteiger partial charge is 0.169 e. The van der Waals surface area contributed by atoms with Gasteiger partial charge >= 0.3 is 0 Å². The van der Waals surface area contributed by atoms with Crippen LogP contribution in [0.2, 0.25) is 0 Å². The molecule has 0 radical (unpaired) electrons. The van der Waals surface area contributed by atoms with E-state index in [1.807, 2.05) is 0 Å². The molecule has 3 nitrogen and oxygen atoms in total. The molecule has 1 aliphatic heterocycles. The second kappa shape index (κ2) is 8.66. The van der Waals surface area contributed by atoms with Gasteiger partial charge in [-0.15, -0.1) is 0 Å². The van der Waals surface area contributed by atoms with Crippen LogP contribution in [0.3, 0.4) is 0 Å². The second-order valence-electron chi connectivity index (χ2n) is 8.36. The minimum Gasteiger partial charge on any atom is -0.353 e. The Kier molecular flexibility index (Phi) is 7.07. The monoisotopic (exact) mass is 347 g/mol. The predicted molar refractivity (Wildman–Crippen MR) is 105 cm³/mol. The number of benzene rings is 1. The summed E-state index contributed by atoms with van der Waals surface area (Å²) in [6.45, 7) is 12.5. The summed E-state index contributed by atoms with van der Waals surface area (Å²) in [4.78, 5) is 2.55. The van der Waals surface area contributed by atoms with Crippen molar-refractivity contribution in [3.05, 3.63) is 35.4 Å². The maximum absolute atomic E-state index is 5.58. The van der Waals surface area contributed by atoms with Crippen LogP contribution in [-0.2, 0) is 21.3 Å². The van der Waals surface area contributed by atoms with E-state index >= 15 is 0 Å². The number of hydrogen-bond acceptors (Lipinski definition) is 3. The Morgan fingerprint density at radius 3 is 2.12 bits per heavy atom. The van der Waals surface area contributed by atoms with Gasteiger partial charge in [-0.05, 0) is 35.3 Å². The lowest BCUT2D eigenvalue weighted by Gasteiger charge is -2.40. The first-order valence-corrected chi connectivity index (χ1v) is 9.76. The Balaban J connectivity index is 1.84. The highest BCUT2D eigenvalue weighted by Crippen LogP contribution is 2.28. The molecule has 0 N–H and O–H groups in total. The summed E-state index contributed by atoms with van der Waals surface area (Å²) in [5.74, 6) is 0.296. The largest absolute Gasteiger partial charge is 0.353 e. The van der Waals surface area contributed by atoms with Crippen molar-refractivity contribution in [2.75, 3.05) is 33.9 Å². The van der Waals surface area contributed by atoms with Crippen LogP contribution in [-0.4, -0.2) is 44.5 Å². The number of rotatable bonds is 8. The fraction of sp³-hybridized carbons (Fsp3) is 0.727. The lowest BCUT2D eigenvalue weighted by atomic mass is 9.82. The highest BCUT2D eigenvalue weighted by Gasteiger charge is 2.34. The molecule has 1 aliphatic rings. The molecule has 1 atom stereocenters. The van der Waals surface area contributed by atoms with Gasteiger partial charge in [-0.2, -0.15) is 0 Å². The first-order valence-electron chi connectivity index (χ1n) is 9.76. The summed E-state index contributed by atoms with van der Waals surface area (Å²) < 4.78 is 11.2. The zero-order valence-corrected chi connectivity index (χ0v) is 17.1. The van der Waals surface area contributed by atoms with Crippen molar-refractivity contribution in [2.45, 2.75) is 64.6 Å². The lowest BCUT2D eigenvalue weighted by molar-refractivity contribution is -0.229. The zero-order chi connectivity index (χ0) is 18.5. The minimum atomic E-state index is -0.359. The first kappa shape index (κ1) is 20.4. The third kappa shape index (κ3) is 5.29. The van der Waals surface area contributed by atoms with Gasteiger partial charge in [0.2, 0.25) is 0 Å². The molecule has 0 spiro atoms. The molecule has 0 saturated carbocycles. The lowest BCUT2D eigenvalue weighted by Crippen LogP contribution is -2.47. The number of likely N-dealkylation sites (tertiary alicyclic amines) is 1. The quantitative estimate of drug-likeness (QED) is 0.640. The molecule has 1 unspecified atom stereocenters. The number of ether oxygens (including phenoxy) is 2. The summed E-state index contributed by atoms with van der Waals surface area (Å²) in [6.07, 6.45) is 4.21. The summed E-state index contributed by atoms with van der Waals surface area (Å²) in [5.41, 5.74) is 3.16. The van der Waals surface area contributed by atoms with Crippen molar-refractivity contribution < 1.29 is 9.47 Å². The van der Waals surface area contributed by atoms with Gasteiger partial charge in [0, 0.05) is 46.7 Å². The number of hydrogen-bond donors (Lipinski definition) is 0. The van der Waals surface area contributed by atoms with E-state index in [1.54, 1.807) is 14.2 Å². The third-order valence-corrected chi connectivity index (χ3v) is 6.14. The number of methoxy groups -OCH3 is 2. The molecule has 0 bridgehead atoms. The molecular formula is C22H37NO2. The molecule has 0 amide bonds. The Morgan fingerprint density at radius 2 is 1.64 bits per heavy atom. The molecule has 0 aromatic heterocycles. The van der Waals surface area contributed by atoms with Crippen LogP contribution >= 0.6 is 0 Å². The molecule has 0 aliphatic carbocycles. The molecule has 25 heavy (non-hydrogen) atoms. The van der Waals surface area contributed by atoms with Gasteiger partial charge in [-0.3, -0.25) is 0 Å². The van der Waals surface area contributed by atoms with Crippen LogP contribution in [0.4, 0.5) is 0 Å². The van der Waals surface area contributed by atoms with Crippen molar-refractivity contribution in [1.29, 1.82) is 0 Å². The van der Waals surface area contributed by atoms with Crippen molar-refractivity contribution >= 4 is 0 Å². The Hall–Kier alpha value is -0.900. The first-order chi connectivity index (χ1) is 11.8. The Bertz CT molecular complexity index is 509.